The third kappa shape index (κ3) is 2.09. The molecule has 0 unspecified atom stereocenters. The monoisotopic (exact) mass is 236 g/mol. The van der Waals surface area contributed by atoms with Crippen molar-refractivity contribution in [2.45, 2.75) is 13.8 Å². The second kappa shape index (κ2) is 4.22. The predicted molar refractivity (Wildman–Crippen MR) is 77.5 cm³/mol. The molecule has 0 aliphatic heterocycles. The molecule has 0 fully saturated rings. The largest absolute Gasteiger partial charge is 0.361 e. The maximum absolute atomic E-state index is 3.45. The fraction of sp³-hybridized carbons (Fsp3) is 0.125. The van der Waals surface area contributed by atoms with Gasteiger partial charge in [-0.25, -0.2) is 0 Å². The molecular weight excluding hydrogens is 220 g/mol. The molecule has 0 bridgehead atoms. The maximum atomic E-state index is 3.45. The summed E-state index contributed by atoms with van der Waals surface area (Å²) in [5.41, 5.74) is 5.98. The van der Waals surface area contributed by atoms with Gasteiger partial charge in [-0.2, -0.15) is 0 Å². The molecule has 0 radical (unpaired) electrons. The fourth-order valence-electron chi connectivity index (χ4n) is 2.34. The average Bonchev–Trinajstić information content (AvgIpc) is 2.74. The van der Waals surface area contributed by atoms with Crippen LogP contribution < -0.4 is 5.32 Å². The second-order valence-electron chi connectivity index (χ2n) is 4.78. The number of aromatic nitrogens is 1. The van der Waals surface area contributed by atoms with E-state index in [2.05, 4.69) is 66.6 Å². The quantitative estimate of drug-likeness (QED) is 0.672. The Morgan fingerprint density at radius 3 is 2.39 bits per heavy atom. The number of H-pyrrole nitrogens is 1. The third-order valence-electron chi connectivity index (χ3n) is 3.06. The van der Waals surface area contributed by atoms with Crippen molar-refractivity contribution in [3.8, 4) is 0 Å². The number of aryl methyl sites for hydroxylation is 2. The summed E-state index contributed by atoms with van der Waals surface area (Å²) in [6.07, 6.45) is 1.96. The molecule has 0 aliphatic rings. The first-order chi connectivity index (χ1) is 8.70. The SMILES string of the molecule is Cc1cc(C)cc(Nc2ccc3[nH]ccc3c2)c1. The lowest BCUT2D eigenvalue weighted by Crippen LogP contribution is -1.91. The molecule has 0 spiro atoms. The molecule has 3 rings (SSSR count). The Bertz CT molecular complexity index is 675. The van der Waals surface area contributed by atoms with Crippen LogP contribution in [-0.4, -0.2) is 4.98 Å². The highest BCUT2D eigenvalue weighted by atomic mass is 14.9. The highest BCUT2D eigenvalue weighted by Gasteiger charge is 1.99. The van der Waals surface area contributed by atoms with Gasteiger partial charge in [0.2, 0.25) is 0 Å². The van der Waals surface area contributed by atoms with Crippen molar-refractivity contribution >= 4 is 22.3 Å². The van der Waals surface area contributed by atoms with Gasteiger partial charge in [-0.3, -0.25) is 0 Å². The van der Waals surface area contributed by atoms with Crippen molar-refractivity contribution in [3.63, 3.8) is 0 Å². The summed E-state index contributed by atoms with van der Waals surface area (Å²) in [5, 5.41) is 4.68. The zero-order valence-electron chi connectivity index (χ0n) is 10.6. The highest BCUT2D eigenvalue weighted by molar-refractivity contribution is 5.84. The Labute approximate surface area is 107 Å². The summed E-state index contributed by atoms with van der Waals surface area (Å²) < 4.78 is 0. The van der Waals surface area contributed by atoms with Crippen molar-refractivity contribution in [1.29, 1.82) is 0 Å². The van der Waals surface area contributed by atoms with E-state index in [1.165, 1.54) is 22.0 Å². The summed E-state index contributed by atoms with van der Waals surface area (Å²) in [7, 11) is 0. The van der Waals surface area contributed by atoms with Gasteiger partial charge in [0, 0.05) is 28.5 Å². The molecule has 0 atom stereocenters. The first-order valence-electron chi connectivity index (χ1n) is 6.13. The smallest absolute Gasteiger partial charge is 0.0455 e. The molecule has 1 aromatic heterocycles. The van der Waals surface area contributed by atoms with Crippen LogP contribution in [0.4, 0.5) is 11.4 Å². The summed E-state index contributed by atoms with van der Waals surface area (Å²) >= 11 is 0. The van der Waals surface area contributed by atoms with E-state index in [-0.39, 0.29) is 0 Å². The van der Waals surface area contributed by atoms with Crippen LogP contribution in [0.15, 0.2) is 48.7 Å². The standard InChI is InChI=1S/C16H16N2/c1-11-7-12(2)9-15(8-11)18-14-3-4-16-13(10-14)5-6-17-16/h3-10,17-18H,1-2H3. The highest BCUT2D eigenvalue weighted by Crippen LogP contribution is 2.23. The summed E-state index contributed by atoms with van der Waals surface area (Å²) in [6.45, 7) is 4.24. The Balaban J connectivity index is 1.95. The van der Waals surface area contributed by atoms with Gasteiger partial charge in [-0.05, 0) is 61.4 Å². The van der Waals surface area contributed by atoms with E-state index >= 15 is 0 Å². The van der Waals surface area contributed by atoms with Crippen LogP contribution in [0.25, 0.3) is 10.9 Å². The van der Waals surface area contributed by atoms with E-state index in [0.717, 1.165) is 11.4 Å². The van der Waals surface area contributed by atoms with Gasteiger partial charge < -0.3 is 10.3 Å². The van der Waals surface area contributed by atoms with E-state index in [1.54, 1.807) is 0 Å². The predicted octanol–water partition coefficient (Wildman–Crippen LogP) is 4.53. The molecule has 2 N–H and O–H groups in total. The van der Waals surface area contributed by atoms with Crippen molar-refractivity contribution in [1.82, 2.24) is 4.98 Å². The number of hydrogen-bond acceptors (Lipinski definition) is 1. The minimum atomic E-state index is 1.12. The normalized spacial score (nSPS) is 10.8. The lowest BCUT2D eigenvalue weighted by atomic mass is 10.1. The minimum absolute atomic E-state index is 1.12. The van der Waals surface area contributed by atoms with E-state index < -0.39 is 0 Å². The van der Waals surface area contributed by atoms with Crippen molar-refractivity contribution in [2.75, 3.05) is 5.32 Å². The number of hydrogen-bond donors (Lipinski definition) is 2. The molecular formula is C16H16N2. The van der Waals surface area contributed by atoms with Crippen LogP contribution in [0, 0.1) is 13.8 Å². The van der Waals surface area contributed by atoms with Crippen LogP contribution in [-0.2, 0) is 0 Å². The van der Waals surface area contributed by atoms with Gasteiger partial charge >= 0.3 is 0 Å². The molecule has 2 nitrogen and oxygen atoms in total. The fourth-order valence-corrected chi connectivity index (χ4v) is 2.34. The Hall–Kier alpha value is -2.22. The number of fused-ring (bicyclic) bond motifs is 1. The molecule has 0 aliphatic carbocycles. The van der Waals surface area contributed by atoms with Gasteiger partial charge in [-0.1, -0.05) is 6.07 Å². The van der Waals surface area contributed by atoms with Gasteiger partial charge in [0.05, 0.1) is 0 Å². The molecule has 3 aromatic rings. The van der Waals surface area contributed by atoms with Gasteiger partial charge in [0.15, 0.2) is 0 Å². The number of benzene rings is 2. The summed E-state index contributed by atoms with van der Waals surface area (Å²) in [5.74, 6) is 0. The van der Waals surface area contributed by atoms with Crippen LogP contribution in [0.5, 0.6) is 0 Å². The van der Waals surface area contributed by atoms with Crippen LogP contribution in [0.2, 0.25) is 0 Å². The van der Waals surface area contributed by atoms with Crippen LogP contribution in [0.3, 0.4) is 0 Å². The molecule has 90 valence electrons. The van der Waals surface area contributed by atoms with E-state index in [1.807, 2.05) is 6.20 Å². The third-order valence-corrected chi connectivity index (χ3v) is 3.06. The first-order valence-corrected chi connectivity index (χ1v) is 6.13. The first kappa shape index (κ1) is 10.9. The van der Waals surface area contributed by atoms with Crippen molar-refractivity contribution in [2.24, 2.45) is 0 Å². The molecule has 0 saturated carbocycles. The molecule has 2 heteroatoms. The van der Waals surface area contributed by atoms with Crippen molar-refractivity contribution in [3.05, 3.63) is 59.8 Å². The van der Waals surface area contributed by atoms with E-state index in [4.69, 9.17) is 0 Å². The molecule has 2 aromatic carbocycles. The lowest BCUT2D eigenvalue weighted by molar-refractivity contribution is 1.37. The second-order valence-corrected chi connectivity index (χ2v) is 4.78. The molecule has 18 heavy (non-hydrogen) atoms. The zero-order valence-corrected chi connectivity index (χ0v) is 10.6. The van der Waals surface area contributed by atoms with Crippen LogP contribution in [0.1, 0.15) is 11.1 Å². The topological polar surface area (TPSA) is 27.8 Å². The maximum Gasteiger partial charge on any atom is 0.0455 e. The Morgan fingerprint density at radius 1 is 0.833 bits per heavy atom. The molecule has 0 amide bonds. The van der Waals surface area contributed by atoms with Gasteiger partial charge in [-0.15, -0.1) is 0 Å². The Morgan fingerprint density at radius 2 is 1.61 bits per heavy atom. The number of rotatable bonds is 2. The van der Waals surface area contributed by atoms with Gasteiger partial charge in [0.25, 0.3) is 0 Å². The minimum Gasteiger partial charge on any atom is -0.361 e. The summed E-state index contributed by atoms with van der Waals surface area (Å²) in [6, 6.07) is 14.9. The lowest BCUT2D eigenvalue weighted by Gasteiger charge is -2.08. The molecule has 1 heterocycles. The number of aromatic amines is 1. The summed E-state index contributed by atoms with van der Waals surface area (Å²) in [4.78, 5) is 3.20. The molecule has 0 saturated heterocycles. The van der Waals surface area contributed by atoms with Crippen LogP contribution >= 0.6 is 0 Å². The van der Waals surface area contributed by atoms with Gasteiger partial charge in [0.1, 0.15) is 0 Å². The average molecular weight is 236 g/mol. The van der Waals surface area contributed by atoms with E-state index in [0.29, 0.717) is 0 Å². The Kier molecular flexibility index (Phi) is 2.56. The van der Waals surface area contributed by atoms with Crippen molar-refractivity contribution < 1.29 is 0 Å². The number of anilines is 2. The number of nitrogens with one attached hydrogen (secondary N) is 2. The zero-order chi connectivity index (χ0) is 12.5. The van der Waals surface area contributed by atoms with E-state index in [9.17, 15) is 0 Å².